The highest BCUT2D eigenvalue weighted by atomic mass is 32.1. The van der Waals surface area contributed by atoms with Gasteiger partial charge in [0.25, 0.3) is 12.4 Å². The third-order valence-electron chi connectivity index (χ3n) is 3.97. The van der Waals surface area contributed by atoms with Crippen molar-refractivity contribution in [3.05, 3.63) is 29.3 Å². The van der Waals surface area contributed by atoms with Gasteiger partial charge in [-0.3, -0.25) is 9.59 Å². The van der Waals surface area contributed by atoms with Crippen LogP contribution in [0.1, 0.15) is 9.80 Å². The van der Waals surface area contributed by atoms with Gasteiger partial charge in [-0.25, -0.2) is 4.98 Å². The molecule has 8 nitrogen and oxygen atoms in total. The van der Waals surface area contributed by atoms with E-state index in [1.54, 1.807) is 0 Å². The predicted octanol–water partition coefficient (Wildman–Crippen LogP) is 0.762. The summed E-state index contributed by atoms with van der Waals surface area (Å²) in [7, 11) is 1.94. The molecule has 2 heterocycles. The van der Waals surface area contributed by atoms with E-state index in [9.17, 15) is 4.79 Å². The van der Waals surface area contributed by atoms with Crippen LogP contribution in [-0.2, 0) is 9.53 Å². The van der Waals surface area contributed by atoms with E-state index < -0.39 is 0 Å². The van der Waals surface area contributed by atoms with Crippen molar-refractivity contribution in [3.8, 4) is 0 Å². The molecular weight excluding hydrogens is 358 g/mol. The van der Waals surface area contributed by atoms with Gasteiger partial charge in [0.1, 0.15) is 0 Å². The number of ether oxygens (including phenoxy) is 1. The molecule has 1 aliphatic heterocycles. The Morgan fingerprint density at radius 1 is 1.50 bits per heavy atom. The van der Waals surface area contributed by atoms with Crippen molar-refractivity contribution in [3.63, 3.8) is 0 Å². The summed E-state index contributed by atoms with van der Waals surface area (Å²) in [4.78, 5) is 29.6. The summed E-state index contributed by atoms with van der Waals surface area (Å²) < 4.78 is 6.56. The molecule has 3 rings (SSSR count). The molecule has 2 aromatic rings. The number of aromatic nitrogens is 1. The van der Waals surface area contributed by atoms with E-state index in [2.05, 4.69) is 4.98 Å². The SMILES string of the molecule is CN(CCO)CC1COCCN1C(=O)c1nc2ccccc2s1.O=CO. The number of aliphatic hydroxyl groups excluding tert-OH is 1. The lowest BCUT2D eigenvalue weighted by atomic mass is 10.2. The minimum Gasteiger partial charge on any atom is -0.483 e. The van der Waals surface area contributed by atoms with E-state index in [0.29, 0.717) is 37.9 Å². The second-order valence-corrected chi connectivity index (χ2v) is 6.84. The van der Waals surface area contributed by atoms with Crippen LogP contribution in [0.25, 0.3) is 10.2 Å². The van der Waals surface area contributed by atoms with Crippen molar-refractivity contribution in [1.82, 2.24) is 14.8 Å². The van der Waals surface area contributed by atoms with Gasteiger partial charge in [-0.1, -0.05) is 12.1 Å². The Bertz CT molecular complexity index is 690. The Morgan fingerprint density at radius 3 is 2.92 bits per heavy atom. The lowest BCUT2D eigenvalue weighted by Crippen LogP contribution is -2.53. The fraction of sp³-hybridized carbons (Fsp3) is 0.471. The first kappa shape index (κ1) is 20.2. The Kier molecular flexibility index (Phi) is 7.92. The normalized spacial score (nSPS) is 17.0. The van der Waals surface area contributed by atoms with Crippen molar-refractivity contribution in [2.24, 2.45) is 0 Å². The van der Waals surface area contributed by atoms with Crippen LogP contribution in [0.2, 0.25) is 0 Å². The van der Waals surface area contributed by atoms with Crippen molar-refractivity contribution in [2.75, 3.05) is 46.5 Å². The number of rotatable bonds is 5. The van der Waals surface area contributed by atoms with Gasteiger partial charge in [0.15, 0.2) is 5.01 Å². The first-order valence-corrected chi connectivity index (χ1v) is 9.04. The molecule has 142 valence electrons. The number of likely N-dealkylation sites (N-methyl/N-ethyl adjacent to an activating group) is 1. The number of carbonyl (C=O) groups is 2. The zero-order valence-corrected chi connectivity index (χ0v) is 15.4. The van der Waals surface area contributed by atoms with Gasteiger partial charge in [-0.2, -0.15) is 0 Å². The molecule has 1 saturated heterocycles. The molecule has 1 aromatic heterocycles. The number of amides is 1. The average molecular weight is 381 g/mol. The standard InChI is InChI=1S/C16H21N3O3S.CH2O2/c1-18(6-8-20)10-12-11-22-9-7-19(12)16(21)15-17-13-4-2-3-5-14(13)23-15;2-1-3/h2-5,12,20H,6-11H2,1H3;1H,(H,2,3). The van der Waals surface area contributed by atoms with Crippen molar-refractivity contribution < 1.29 is 24.5 Å². The van der Waals surface area contributed by atoms with Gasteiger partial charge < -0.3 is 24.7 Å². The average Bonchev–Trinajstić information content (AvgIpc) is 3.06. The fourth-order valence-electron chi connectivity index (χ4n) is 2.78. The Balaban J connectivity index is 0.000000758. The van der Waals surface area contributed by atoms with Gasteiger partial charge in [0, 0.05) is 19.6 Å². The van der Waals surface area contributed by atoms with E-state index in [0.717, 1.165) is 10.2 Å². The molecule has 1 aliphatic rings. The monoisotopic (exact) mass is 381 g/mol. The summed E-state index contributed by atoms with van der Waals surface area (Å²) in [6.45, 7) is 2.77. The highest BCUT2D eigenvalue weighted by molar-refractivity contribution is 7.20. The van der Waals surface area contributed by atoms with E-state index in [1.165, 1.54) is 11.3 Å². The van der Waals surface area contributed by atoms with Gasteiger partial charge in [-0.15, -0.1) is 11.3 Å². The highest BCUT2D eigenvalue weighted by Gasteiger charge is 2.30. The number of carbonyl (C=O) groups excluding carboxylic acids is 1. The molecular formula is C17H23N3O5S. The maximum atomic E-state index is 12.9. The Hall–Kier alpha value is -2.07. The zero-order chi connectivity index (χ0) is 18.9. The van der Waals surface area contributed by atoms with Crippen LogP contribution in [-0.4, -0.2) is 89.9 Å². The number of aliphatic hydroxyl groups is 1. The summed E-state index contributed by atoms with van der Waals surface area (Å²) in [6, 6.07) is 7.78. The molecule has 9 heteroatoms. The number of benzene rings is 1. The third-order valence-corrected chi connectivity index (χ3v) is 4.99. The topological polar surface area (TPSA) is 103 Å². The van der Waals surface area contributed by atoms with E-state index >= 15 is 0 Å². The Morgan fingerprint density at radius 2 is 2.23 bits per heavy atom. The largest absolute Gasteiger partial charge is 0.483 e. The maximum absolute atomic E-state index is 12.9. The van der Waals surface area contributed by atoms with Crippen LogP contribution in [0.3, 0.4) is 0 Å². The van der Waals surface area contributed by atoms with E-state index in [-0.39, 0.29) is 25.0 Å². The van der Waals surface area contributed by atoms with Crippen LogP contribution in [0, 0.1) is 0 Å². The Labute approximate surface area is 155 Å². The number of hydrogen-bond donors (Lipinski definition) is 2. The van der Waals surface area contributed by atoms with E-state index in [4.69, 9.17) is 19.7 Å². The van der Waals surface area contributed by atoms with Gasteiger partial charge in [0.2, 0.25) is 0 Å². The molecule has 1 aromatic carbocycles. The molecule has 1 amide bonds. The zero-order valence-electron chi connectivity index (χ0n) is 14.6. The lowest BCUT2D eigenvalue weighted by molar-refractivity contribution is -0.122. The summed E-state index contributed by atoms with van der Waals surface area (Å²) in [5.41, 5.74) is 0.864. The summed E-state index contributed by atoms with van der Waals surface area (Å²) >= 11 is 1.43. The highest BCUT2D eigenvalue weighted by Crippen LogP contribution is 2.24. The van der Waals surface area contributed by atoms with Crippen LogP contribution >= 0.6 is 11.3 Å². The number of hydrogen-bond acceptors (Lipinski definition) is 7. The molecule has 1 fully saturated rings. The van der Waals surface area contributed by atoms with Gasteiger partial charge in [-0.05, 0) is 19.2 Å². The van der Waals surface area contributed by atoms with Gasteiger partial charge >= 0.3 is 0 Å². The lowest BCUT2D eigenvalue weighted by Gasteiger charge is -2.37. The molecule has 26 heavy (non-hydrogen) atoms. The first-order valence-electron chi connectivity index (χ1n) is 8.22. The fourth-order valence-corrected chi connectivity index (χ4v) is 3.70. The van der Waals surface area contributed by atoms with Gasteiger partial charge in [0.05, 0.1) is 36.1 Å². The summed E-state index contributed by atoms with van der Waals surface area (Å²) in [5, 5.41) is 16.5. The number of fused-ring (bicyclic) bond motifs is 1. The molecule has 1 unspecified atom stereocenters. The number of nitrogens with zero attached hydrogens (tertiary/aromatic N) is 3. The molecule has 0 saturated carbocycles. The van der Waals surface area contributed by atoms with Crippen LogP contribution < -0.4 is 0 Å². The van der Waals surface area contributed by atoms with E-state index in [1.807, 2.05) is 41.1 Å². The second kappa shape index (κ2) is 10.2. The smallest absolute Gasteiger partial charge is 0.290 e. The summed E-state index contributed by atoms with van der Waals surface area (Å²) in [5.74, 6) is -0.0306. The van der Waals surface area contributed by atoms with Crippen molar-refractivity contribution in [2.45, 2.75) is 6.04 Å². The number of carboxylic acid groups (broad SMARTS) is 1. The number of morpholine rings is 1. The quantitative estimate of drug-likeness (QED) is 0.737. The minimum absolute atomic E-state index is 0.0141. The molecule has 0 aliphatic carbocycles. The maximum Gasteiger partial charge on any atom is 0.290 e. The van der Waals surface area contributed by atoms with Crippen molar-refractivity contribution in [1.29, 1.82) is 0 Å². The van der Waals surface area contributed by atoms with Crippen molar-refractivity contribution >= 4 is 33.9 Å². The second-order valence-electron chi connectivity index (χ2n) is 5.81. The molecule has 0 spiro atoms. The molecule has 0 radical (unpaired) electrons. The van der Waals surface area contributed by atoms with Crippen LogP contribution in [0.5, 0.6) is 0 Å². The third kappa shape index (κ3) is 5.21. The summed E-state index contributed by atoms with van der Waals surface area (Å²) in [6.07, 6.45) is 0. The van der Waals surface area contributed by atoms with Crippen LogP contribution in [0.15, 0.2) is 24.3 Å². The van der Waals surface area contributed by atoms with Crippen LogP contribution in [0.4, 0.5) is 0 Å². The minimum atomic E-state index is -0.250. The predicted molar refractivity (Wildman–Crippen MR) is 98.5 cm³/mol. The first-order chi connectivity index (χ1) is 12.6. The number of para-hydroxylation sites is 1. The molecule has 1 atom stereocenters. The number of thiazole rings is 1. The molecule has 0 bridgehead atoms. The molecule has 2 N–H and O–H groups in total.